The highest BCUT2D eigenvalue weighted by molar-refractivity contribution is 5.76. The van der Waals surface area contributed by atoms with Gasteiger partial charge >= 0.3 is 0 Å². The van der Waals surface area contributed by atoms with E-state index >= 15 is 0 Å². The second-order valence-electron chi connectivity index (χ2n) is 3.64. The van der Waals surface area contributed by atoms with Crippen molar-refractivity contribution in [3.8, 4) is 0 Å². The maximum absolute atomic E-state index is 11.1. The van der Waals surface area contributed by atoms with Crippen molar-refractivity contribution in [2.24, 2.45) is 0 Å². The van der Waals surface area contributed by atoms with Gasteiger partial charge in [-0.2, -0.15) is 0 Å². The normalized spacial score (nSPS) is 25.2. The van der Waals surface area contributed by atoms with E-state index in [1.807, 2.05) is 0 Å². The Labute approximate surface area is 79.7 Å². The van der Waals surface area contributed by atoms with Crippen molar-refractivity contribution in [3.63, 3.8) is 0 Å². The average molecular weight is 185 g/mol. The van der Waals surface area contributed by atoms with Crippen LogP contribution < -0.4 is 10.6 Å². The fourth-order valence-electron chi connectivity index (χ4n) is 1.65. The first kappa shape index (κ1) is 10.5. The number of nitrogens with one attached hydrogen (secondary N) is 2. The predicted molar refractivity (Wildman–Crippen MR) is 52.6 cm³/mol. The van der Waals surface area contributed by atoms with Crippen molar-refractivity contribution >= 4 is 5.91 Å². The van der Waals surface area contributed by atoms with Gasteiger partial charge in [-0.15, -0.1) is 0 Å². The predicted octanol–water partition coefficient (Wildman–Crippen LogP) is -0.584. The fraction of sp³-hybridized carbons (Fsp3) is 0.889. The van der Waals surface area contributed by atoms with Crippen LogP contribution in [0.3, 0.4) is 0 Å². The molecular formula is C9H19N3O. The molecule has 0 radical (unpaired) electrons. The monoisotopic (exact) mass is 185 g/mol. The van der Waals surface area contributed by atoms with Crippen LogP contribution in [0.4, 0.5) is 0 Å². The van der Waals surface area contributed by atoms with Gasteiger partial charge in [-0.3, -0.25) is 4.79 Å². The number of nitrogens with zero attached hydrogens (tertiary/aromatic N) is 1. The van der Waals surface area contributed by atoms with Crippen LogP contribution in [0.5, 0.6) is 0 Å². The Morgan fingerprint density at radius 2 is 2.46 bits per heavy atom. The van der Waals surface area contributed by atoms with Crippen molar-refractivity contribution in [1.82, 2.24) is 15.5 Å². The quantitative estimate of drug-likeness (QED) is 0.605. The molecule has 1 amide bonds. The zero-order valence-electron chi connectivity index (χ0n) is 8.47. The van der Waals surface area contributed by atoms with E-state index in [-0.39, 0.29) is 5.91 Å². The molecule has 0 aromatic rings. The number of carbonyl (C=O) groups is 1. The van der Waals surface area contributed by atoms with E-state index < -0.39 is 0 Å². The highest BCUT2D eigenvalue weighted by Gasteiger charge is 2.16. The van der Waals surface area contributed by atoms with Gasteiger partial charge in [-0.05, 0) is 26.6 Å². The fourth-order valence-corrected chi connectivity index (χ4v) is 1.65. The molecule has 0 saturated carbocycles. The third kappa shape index (κ3) is 3.74. The zero-order valence-corrected chi connectivity index (χ0v) is 8.47. The minimum absolute atomic E-state index is 0.118. The van der Waals surface area contributed by atoms with Crippen molar-refractivity contribution in [2.45, 2.75) is 18.9 Å². The Bertz CT molecular complexity index is 172. The SMILES string of the molecule is CNC(=O)CC1CN(C)CCCN1. The zero-order chi connectivity index (χ0) is 9.68. The van der Waals surface area contributed by atoms with Gasteiger partial charge in [0.25, 0.3) is 0 Å². The van der Waals surface area contributed by atoms with Crippen molar-refractivity contribution < 1.29 is 4.79 Å². The molecule has 4 heteroatoms. The van der Waals surface area contributed by atoms with Crippen LogP contribution in [-0.2, 0) is 4.79 Å². The molecule has 1 unspecified atom stereocenters. The summed E-state index contributed by atoms with van der Waals surface area (Å²) >= 11 is 0. The van der Waals surface area contributed by atoms with Gasteiger partial charge in [0.1, 0.15) is 0 Å². The molecule has 0 aliphatic carbocycles. The van der Waals surface area contributed by atoms with Gasteiger partial charge < -0.3 is 15.5 Å². The maximum atomic E-state index is 11.1. The Hall–Kier alpha value is -0.610. The Kier molecular flexibility index (Phi) is 4.18. The van der Waals surface area contributed by atoms with Gasteiger partial charge in [0.15, 0.2) is 0 Å². The largest absolute Gasteiger partial charge is 0.359 e. The van der Waals surface area contributed by atoms with Crippen LogP contribution in [0.2, 0.25) is 0 Å². The molecule has 0 aromatic heterocycles. The summed E-state index contributed by atoms with van der Waals surface area (Å²) < 4.78 is 0. The van der Waals surface area contributed by atoms with Gasteiger partial charge in [-0.1, -0.05) is 0 Å². The van der Waals surface area contributed by atoms with E-state index in [9.17, 15) is 4.79 Å². The topological polar surface area (TPSA) is 44.4 Å². The van der Waals surface area contributed by atoms with Crippen LogP contribution in [0.25, 0.3) is 0 Å². The summed E-state index contributed by atoms with van der Waals surface area (Å²) in [4.78, 5) is 13.4. The van der Waals surface area contributed by atoms with E-state index in [4.69, 9.17) is 0 Å². The van der Waals surface area contributed by atoms with E-state index in [1.165, 1.54) is 6.42 Å². The lowest BCUT2D eigenvalue weighted by Crippen LogP contribution is -2.39. The molecule has 1 saturated heterocycles. The molecule has 1 aliphatic rings. The minimum atomic E-state index is 0.118. The lowest BCUT2D eigenvalue weighted by Gasteiger charge is -2.19. The first-order valence-corrected chi connectivity index (χ1v) is 4.85. The Balaban J connectivity index is 2.34. The summed E-state index contributed by atoms with van der Waals surface area (Å²) in [5.41, 5.74) is 0. The molecule has 1 fully saturated rings. The third-order valence-electron chi connectivity index (χ3n) is 2.39. The Morgan fingerprint density at radius 3 is 3.15 bits per heavy atom. The highest BCUT2D eigenvalue weighted by atomic mass is 16.1. The maximum Gasteiger partial charge on any atom is 0.221 e. The van der Waals surface area contributed by atoms with Crippen LogP contribution in [-0.4, -0.2) is 50.6 Å². The summed E-state index contributed by atoms with van der Waals surface area (Å²) in [5, 5.41) is 6.02. The number of hydrogen-bond donors (Lipinski definition) is 2. The minimum Gasteiger partial charge on any atom is -0.359 e. The van der Waals surface area contributed by atoms with E-state index in [0.29, 0.717) is 12.5 Å². The standard InChI is InChI=1S/C9H19N3O/c1-10-9(13)6-8-7-12(2)5-3-4-11-8/h8,11H,3-7H2,1-2H3,(H,10,13). The van der Waals surface area contributed by atoms with E-state index in [0.717, 1.165) is 19.6 Å². The summed E-state index contributed by atoms with van der Waals surface area (Å²) in [5.74, 6) is 0.118. The number of hydrogen-bond acceptors (Lipinski definition) is 3. The highest BCUT2D eigenvalue weighted by Crippen LogP contribution is 2.01. The molecule has 13 heavy (non-hydrogen) atoms. The van der Waals surface area contributed by atoms with E-state index in [1.54, 1.807) is 7.05 Å². The lowest BCUT2D eigenvalue weighted by atomic mass is 10.2. The smallest absolute Gasteiger partial charge is 0.221 e. The van der Waals surface area contributed by atoms with Gasteiger partial charge in [0.05, 0.1) is 0 Å². The number of likely N-dealkylation sites (N-methyl/N-ethyl adjacent to an activating group) is 1. The van der Waals surface area contributed by atoms with Gasteiger partial charge in [-0.25, -0.2) is 0 Å². The molecule has 0 bridgehead atoms. The molecule has 1 aliphatic heterocycles. The summed E-state index contributed by atoms with van der Waals surface area (Å²) in [6, 6.07) is 0.312. The second-order valence-corrected chi connectivity index (χ2v) is 3.64. The van der Waals surface area contributed by atoms with Crippen LogP contribution in [0.1, 0.15) is 12.8 Å². The van der Waals surface area contributed by atoms with Crippen molar-refractivity contribution in [2.75, 3.05) is 33.7 Å². The number of amides is 1. The molecular weight excluding hydrogens is 166 g/mol. The number of rotatable bonds is 2. The first-order chi connectivity index (χ1) is 6.22. The molecule has 0 spiro atoms. The van der Waals surface area contributed by atoms with Gasteiger partial charge in [0, 0.05) is 26.1 Å². The molecule has 4 nitrogen and oxygen atoms in total. The lowest BCUT2D eigenvalue weighted by molar-refractivity contribution is -0.121. The van der Waals surface area contributed by atoms with Crippen LogP contribution in [0, 0.1) is 0 Å². The van der Waals surface area contributed by atoms with E-state index in [2.05, 4.69) is 22.6 Å². The van der Waals surface area contributed by atoms with Crippen molar-refractivity contribution in [3.05, 3.63) is 0 Å². The molecule has 76 valence electrons. The average Bonchev–Trinajstić information content (AvgIpc) is 2.30. The van der Waals surface area contributed by atoms with Crippen LogP contribution in [0.15, 0.2) is 0 Å². The van der Waals surface area contributed by atoms with Gasteiger partial charge in [0.2, 0.25) is 5.91 Å². The molecule has 1 atom stereocenters. The van der Waals surface area contributed by atoms with Crippen LogP contribution >= 0.6 is 0 Å². The summed E-state index contributed by atoms with van der Waals surface area (Å²) in [7, 11) is 3.78. The Morgan fingerprint density at radius 1 is 1.69 bits per heavy atom. The second kappa shape index (κ2) is 5.19. The first-order valence-electron chi connectivity index (χ1n) is 4.85. The van der Waals surface area contributed by atoms with Crippen molar-refractivity contribution in [1.29, 1.82) is 0 Å². The number of carbonyl (C=O) groups excluding carboxylic acids is 1. The molecule has 1 heterocycles. The summed E-state index contributed by atoms with van der Waals surface area (Å²) in [6.45, 7) is 3.11. The summed E-state index contributed by atoms with van der Waals surface area (Å²) in [6.07, 6.45) is 1.75. The molecule has 2 N–H and O–H groups in total. The molecule has 0 aromatic carbocycles. The third-order valence-corrected chi connectivity index (χ3v) is 2.39. The molecule has 1 rings (SSSR count).